The van der Waals surface area contributed by atoms with Crippen molar-refractivity contribution in [2.24, 2.45) is 0 Å². The Morgan fingerprint density at radius 1 is 1.03 bits per heavy atom. The van der Waals surface area contributed by atoms with Crippen LogP contribution >= 0.6 is 0 Å². The molecule has 2 aromatic rings. The SMILES string of the molecule is CC[C@H](C)NC(=O)c1cn(C2CCCC2)cc(C(=O)N2CCN(C/C=C/c3ccccc3)CC2)c1=O. The Morgan fingerprint density at radius 3 is 2.36 bits per heavy atom. The third-order valence-corrected chi connectivity index (χ3v) is 7.39. The summed E-state index contributed by atoms with van der Waals surface area (Å²) in [7, 11) is 0. The van der Waals surface area contributed by atoms with E-state index in [4.69, 9.17) is 0 Å². The average Bonchev–Trinajstić information content (AvgIpc) is 3.44. The molecule has 0 unspecified atom stereocenters. The molecule has 0 radical (unpaired) electrons. The standard InChI is InChI=1S/C29H38N4O3/c1-3-22(2)30-28(35)25-20-33(24-13-7-8-14-24)21-26(27(25)34)29(36)32-18-16-31(17-19-32)15-9-12-23-10-5-4-6-11-23/h4-6,9-12,20-22,24H,3,7-8,13-19H2,1-2H3,(H,30,35)/b12-9+/t22-/m0/s1. The lowest BCUT2D eigenvalue weighted by Gasteiger charge is -2.34. The monoisotopic (exact) mass is 490 g/mol. The van der Waals surface area contributed by atoms with Crippen LogP contribution in [0.25, 0.3) is 6.08 Å². The number of nitrogens with zero attached hydrogens (tertiary/aromatic N) is 3. The minimum absolute atomic E-state index is 0.0415. The van der Waals surface area contributed by atoms with Gasteiger partial charge in [0.2, 0.25) is 5.43 Å². The van der Waals surface area contributed by atoms with Crippen LogP contribution in [0.1, 0.15) is 78.3 Å². The molecule has 2 fully saturated rings. The summed E-state index contributed by atoms with van der Waals surface area (Å²) in [4.78, 5) is 43.8. The summed E-state index contributed by atoms with van der Waals surface area (Å²) in [5.41, 5.74) is 0.874. The zero-order chi connectivity index (χ0) is 25.5. The lowest BCUT2D eigenvalue weighted by molar-refractivity contribution is 0.0648. The number of hydrogen-bond acceptors (Lipinski definition) is 4. The normalized spacial score (nSPS) is 18.0. The second-order valence-electron chi connectivity index (χ2n) is 9.99. The van der Waals surface area contributed by atoms with Crippen LogP contribution in [0.15, 0.2) is 53.6 Å². The number of pyridine rings is 1. The van der Waals surface area contributed by atoms with E-state index >= 15 is 0 Å². The molecule has 4 rings (SSSR count). The number of nitrogens with one attached hydrogen (secondary N) is 1. The number of hydrogen-bond donors (Lipinski definition) is 1. The first-order valence-electron chi connectivity index (χ1n) is 13.3. The summed E-state index contributed by atoms with van der Waals surface area (Å²) in [5.74, 6) is -0.671. The van der Waals surface area contributed by atoms with Crippen molar-refractivity contribution < 1.29 is 9.59 Å². The maximum Gasteiger partial charge on any atom is 0.259 e. The predicted octanol–water partition coefficient (Wildman–Crippen LogP) is 3.96. The molecule has 0 bridgehead atoms. The van der Waals surface area contributed by atoms with E-state index in [-0.39, 0.29) is 29.1 Å². The van der Waals surface area contributed by atoms with Crippen LogP contribution in [0.3, 0.4) is 0 Å². The largest absolute Gasteiger partial charge is 0.349 e. The molecule has 36 heavy (non-hydrogen) atoms. The summed E-state index contributed by atoms with van der Waals surface area (Å²) in [6.07, 6.45) is 12.6. The van der Waals surface area contributed by atoms with Crippen molar-refractivity contribution in [3.05, 3.63) is 75.7 Å². The number of rotatable bonds is 8. The zero-order valence-corrected chi connectivity index (χ0v) is 21.5. The lowest BCUT2D eigenvalue weighted by Crippen LogP contribution is -2.49. The Bertz CT molecular complexity index is 1130. The van der Waals surface area contributed by atoms with Gasteiger partial charge in [-0.2, -0.15) is 0 Å². The molecule has 7 heteroatoms. The highest BCUT2D eigenvalue weighted by molar-refractivity contribution is 5.99. The fourth-order valence-electron chi connectivity index (χ4n) is 4.93. The smallest absolute Gasteiger partial charge is 0.259 e. The Hall–Kier alpha value is -3.19. The first kappa shape index (κ1) is 25.9. The number of aromatic nitrogens is 1. The predicted molar refractivity (Wildman–Crippen MR) is 143 cm³/mol. The molecule has 2 aliphatic rings. The Balaban J connectivity index is 1.46. The number of piperazine rings is 1. The molecule has 1 aliphatic heterocycles. The molecular formula is C29H38N4O3. The molecule has 1 saturated carbocycles. The van der Waals surface area contributed by atoms with Gasteiger partial charge in [-0.25, -0.2) is 0 Å². The summed E-state index contributed by atoms with van der Waals surface area (Å²) in [6.45, 7) is 7.33. The van der Waals surface area contributed by atoms with Crippen molar-refractivity contribution in [2.45, 2.75) is 58.0 Å². The van der Waals surface area contributed by atoms with Gasteiger partial charge in [0.1, 0.15) is 11.1 Å². The van der Waals surface area contributed by atoms with Gasteiger partial charge in [-0.15, -0.1) is 0 Å². The van der Waals surface area contributed by atoms with Gasteiger partial charge in [0.15, 0.2) is 0 Å². The van der Waals surface area contributed by atoms with Gasteiger partial charge in [0.25, 0.3) is 11.8 Å². The molecule has 1 atom stereocenters. The molecule has 2 amide bonds. The topological polar surface area (TPSA) is 74.7 Å². The van der Waals surface area contributed by atoms with Gasteiger partial charge < -0.3 is 14.8 Å². The Labute approximate surface area is 213 Å². The van der Waals surface area contributed by atoms with Gasteiger partial charge >= 0.3 is 0 Å². The van der Waals surface area contributed by atoms with Gasteiger partial charge in [-0.3, -0.25) is 19.3 Å². The van der Waals surface area contributed by atoms with Crippen molar-refractivity contribution in [3.63, 3.8) is 0 Å². The highest BCUT2D eigenvalue weighted by atomic mass is 16.2. The Kier molecular flexibility index (Phi) is 8.75. The third-order valence-electron chi connectivity index (χ3n) is 7.39. The maximum atomic E-state index is 13.5. The maximum absolute atomic E-state index is 13.5. The van der Waals surface area contributed by atoms with Crippen LogP contribution in [0.4, 0.5) is 0 Å². The van der Waals surface area contributed by atoms with Crippen molar-refractivity contribution in [2.75, 3.05) is 32.7 Å². The van der Waals surface area contributed by atoms with E-state index in [0.29, 0.717) is 13.1 Å². The van der Waals surface area contributed by atoms with Gasteiger partial charge in [-0.1, -0.05) is 62.2 Å². The second-order valence-corrected chi connectivity index (χ2v) is 9.99. The van der Waals surface area contributed by atoms with E-state index < -0.39 is 11.3 Å². The minimum atomic E-state index is -0.469. The molecule has 1 saturated heterocycles. The first-order valence-corrected chi connectivity index (χ1v) is 13.3. The molecule has 192 valence electrons. The number of carbonyl (C=O) groups is 2. The summed E-state index contributed by atoms with van der Waals surface area (Å²) in [6, 6.07) is 10.4. The van der Waals surface area contributed by atoms with Gasteiger partial charge in [0.05, 0.1) is 0 Å². The van der Waals surface area contributed by atoms with Crippen LogP contribution < -0.4 is 10.7 Å². The first-order chi connectivity index (χ1) is 17.5. The number of benzene rings is 1. The van der Waals surface area contributed by atoms with Crippen molar-refractivity contribution in [1.29, 1.82) is 0 Å². The van der Waals surface area contributed by atoms with E-state index in [1.54, 1.807) is 17.3 Å². The van der Waals surface area contributed by atoms with Crippen LogP contribution in [0, 0.1) is 0 Å². The van der Waals surface area contributed by atoms with Crippen LogP contribution in [-0.4, -0.2) is 64.9 Å². The fraction of sp³-hybridized carbons (Fsp3) is 0.483. The van der Waals surface area contributed by atoms with Crippen LogP contribution in [-0.2, 0) is 0 Å². The number of amides is 2. The van der Waals surface area contributed by atoms with Crippen molar-refractivity contribution in [1.82, 2.24) is 19.7 Å². The van der Waals surface area contributed by atoms with Crippen molar-refractivity contribution in [3.8, 4) is 0 Å². The quantitative estimate of drug-likeness (QED) is 0.608. The van der Waals surface area contributed by atoms with Gasteiger partial charge in [0, 0.05) is 57.2 Å². The molecule has 2 heterocycles. The number of carbonyl (C=O) groups excluding carboxylic acids is 2. The average molecular weight is 491 g/mol. The minimum Gasteiger partial charge on any atom is -0.349 e. The third kappa shape index (κ3) is 6.32. The van der Waals surface area contributed by atoms with Gasteiger partial charge in [-0.05, 0) is 31.7 Å². The molecule has 1 N–H and O–H groups in total. The second kappa shape index (κ2) is 12.2. The molecule has 1 aliphatic carbocycles. The van der Waals surface area contributed by atoms with E-state index in [2.05, 4.69) is 34.5 Å². The van der Waals surface area contributed by atoms with Crippen molar-refractivity contribution >= 4 is 17.9 Å². The summed E-state index contributed by atoms with van der Waals surface area (Å²) in [5, 5.41) is 2.90. The van der Waals surface area contributed by atoms with E-state index in [1.807, 2.05) is 36.6 Å². The molecule has 7 nitrogen and oxygen atoms in total. The van der Waals surface area contributed by atoms with E-state index in [0.717, 1.165) is 51.7 Å². The summed E-state index contributed by atoms with van der Waals surface area (Å²) >= 11 is 0. The molecule has 1 aromatic heterocycles. The van der Waals surface area contributed by atoms with E-state index in [9.17, 15) is 14.4 Å². The highest BCUT2D eigenvalue weighted by Gasteiger charge is 2.28. The molecule has 0 spiro atoms. The summed E-state index contributed by atoms with van der Waals surface area (Å²) < 4.78 is 1.94. The fourth-order valence-corrected chi connectivity index (χ4v) is 4.93. The lowest BCUT2D eigenvalue weighted by atomic mass is 10.1. The molecular weight excluding hydrogens is 452 g/mol. The van der Waals surface area contributed by atoms with Crippen LogP contribution in [0.2, 0.25) is 0 Å². The molecule has 1 aromatic carbocycles. The Morgan fingerprint density at radius 2 is 1.69 bits per heavy atom. The zero-order valence-electron chi connectivity index (χ0n) is 21.5. The highest BCUT2D eigenvalue weighted by Crippen LogP contribution is 2.29. The van der Waals surface area contributed by atoms with Crippen LogP contribution in [0.5, 0.6) is 0 Å². The van der Waals surface area contributed by atoms with E-state index in [1.165, 1.54) is 5.56 Å².